The number of ether oxygens (including phenoxy) is 1. The summed E-state index contributed by atoms with van der Waals surface area (Å²) >= 11 is 6.69. The molecule has 5 rings (SSSR count). The predicted octanol–water partition coefficient (Wildman–Crippen LogP) is 6.20. The first-order valence-corrected chi connectivity index (χ1v) is 11.1. The molecule has 164 valence electrons. The van der Waals surface area contributed by atoms with Gasteiger partial charge in [0.15, 0.2) is 0 Å². The first-order chi connectivity index (χ1) is 16.0. The lowest BCUT2D eigenvalue weighted by Gasteiger charge is -2.23. The zero-order valence-corrected chi connectivity index (χ0v) is 19.1. The lowest BCUT2D eigenvalue weighted by Crippen LogP contribution is -2.27. The van der Waals surface area contributed by atoms with Gasteiger partial charge in [-0.1, -0.05) is 71.8 Å². The van der Waals surface area contributed by atoms with Crippen molar-refractivity contribution in [2.75, 3.05) is 7.11 Å². The molecule has 33 heavy (non-hydrogen) atoms. The zero-order chi connectivity index (χ0) is 22.9. The molecule has 0 unspecified atom stereocenters. The van der Waals surface area contributed by atoms with E-state index in [0.29, 0.717) is 28.4 Å². The molecule has 0 aliphatic carbocycles. The Labute approximate surface area is 197 Å². The third kappa shape index (κ3) is 3.96. The standard InChI is InChI=1S/C27H22ClN3O2/c1-17-11-13-18(14-12-17)22-16-23(31(30-22)27(32)19-7-4-3-5-8-19)21-15-20-9-6-10-24(33-2)25(20)29-26(21)28/h3-15,23H,16H2,1-2H3/t23-/m1/s1. The number of para-hydroxylation sites is 1. The number of carbonyl (C=O) groups excluding carboxylic acids is 1. The molecule has 4 aromatic rings. The van der Waals surface area contributed by atoms with Gasteiger partial charge in [0.05, 0.1) is 18.9 Å². The van der Waals surface area contributed by atoms with E-state index in [1.165, 1.54) is 5.56 Å². The number of hydrogen-bond donors (Lipinski definition) is 0. The van der Waals surface area contributed by atoms with Gasteiger partial charge >= 0.3 is 0 Å². The van der Waals surface area contributed by atoms with Crippen molar-refractivity contribution in [3.8, 4) is 5.75 Å². The molecule has 1 amide bonds. The van der Waals surface area contributed by atoms with Crippen LogP contribution in [0.15, 0.2) is 84.0 Å². The largest absolute Gasteiger partial charge is 0.494 e. The first-order valence-electron chi connectivity index (χ1n) is 10.7. The Morgan fingerprint density at radius 3 is 2.52 bits per heavy atom. The highest BCUT2D eigenvalue weighted by atomic mass is 35.5. The molecule has 0 radical (unpaired) electrons. The van der Waals surface area contributed by atoms with Crippen molar-refractivity contribution in [2.24, 2.45) is 5.10 Å². The van der Waals surface area contributed by atoms with Gasteiger partial charge in [0.1, 0.15) is 16.4 Å². The second-order valence-corrected chi connectivity index (χ2v) is 8.41. The van der Waals surface area contributed by atoms with Crippen molar-refractivity contribution >= 4 is 34.1 Å². The van der Waals surface area contributed by atoms with Crippen LogP contribution < -0.4 is 4.74 Å². The van der Waals surface area contributed by atoms with E-state index >= 15 is 0 Å². The van der Waals surface area contributed by atoms with Crippen molar-refractivity contribution in [3.63, 3.8) is 0 Å². The first kappa shape index (κ1) is 21.2. The fourth-order valence-corrected chi connectivity index (χ4v) is 4.40. The zero-order valence-electron chi connectivity index (χ0n) is 18.3. The molecule has 2 heterocycles. The number of rotatable bonds is 4. The normalized spacial score (nSPS) is 15.5. The predicted molar refractivity (Wildman–Crippen MR) is 131 cm³/mol. The Balaban J connectivity index is 1.61. The van der Waals surface area contributed by atoms with Crippen molar-refractivity contribution < 1.29 is 9.53 Å². The number of amides is 1. The lowest BCUT2D eigenvalue weighted by molar-refractivity contribution is 0.0711. The van der Waals surface area contributed by atoms with E-state index in [9.17, 15) is 4.79 Å². The molecular formula is C27H22ClN3O2. The Morgan fingerprint density at radius 2 is 1.79 bits per heavy atom. The highest BCUT2D eigenvalue weighted by molar-refractivity contribution is 6.30. The topological polar surface area (TPSA) is 54.8 Å². The molecule has 1 aliphatic rings. The average molecular weight is 456 g/mol. The monoisotopic (exact) mass is 455 g/mol. The Morgan fingerprint density at radius 1 is 1.03 bits per heavy atom. The molecule has 6 heteroatoms. The molecule has 1 atom stereocenters. The third-order valence-electron chi connectivity index (χ3n) is 5.89. The average Bonchev–Trinajstić information content (AvgIpc) is 3.29. The van der Waals surface area contributed by atoms with Crippen molar-refractivity contribution in [1.82, 2.24) is 9.99 Å². The summed E-state index contributed by atoms with van der Waals surface area (Å²) in [4.78, 5) is 18.1. The molecule has 0 N–H and O–H groups in total. The van der Waals surface area contributed by atoms with E-state index in [4.69, 9.17) is 21.4 Å². The lowest BCUT2D eigenvalue weighted by atomic mass is 9.97. The van der Waals surface area contributed by atoms with Crippen LogP contribution in [0.1, 0.15) is 39.5 Å². The van der Waals surface area contributed by atoms with Crippen molar-refractivity contribution in [2.45, 2.75) is 19.4 Å². The molecule has 0 bridgehead atoms. The van der Waals surface area contributed by atoms with Gasteiger partial charge in [-0.05, 0) is 36.8 Å². The summed E-state index contributed by atoms with van der Waals surface area (Å²) in [5.74, 6) is 0.478. The number of halogens is 1. The highest BCUT2D eigenvalue weighted by Gasteiger charge is 2.35. The van der Waals surface area contributed by atoms with Crippen LogP contribution >= 0.6 is 11.6 Å². The van der Waals surface area contributed by atoms with Gasteiger partial charge in [0, 0.05) is 22.9 Å². The van der Waals surface area contributed by atoms with E-state index in [1.54, 1.807) is 24.3 Å². The van der Waals surface area contributed by atoms with Crippen LogP contribution in [0, 0.1) is 6.92 Å². The van der Waals surface area contributed by atoms with Crippen LogP contribution in [-0.4, -0.2) is 28.7 Å². The van der Waals surface area contributed by atoms with Crippen molar-refractivity contribution in [1.29, 1.82) is 0 Å². The summed E-state index contributed by atoms with van der Waals surface area (Å²) in [6.45, 7) is 2.04. The summed E-state index contributed by atoms with van der Waals surface area (Å²) in [6.07, 6.45) is 0.540. The second-order valence-electron chi connectivity index (χ2n) is 8.05. The molecule has 1 aromatic heterocycles. The maximum Gasteiger partial charge on any atom is 0.274 e. The fraction of sp³-hybridized carbons (Fsp3) is 0.148. The van der Waals surface area contributed by atoms with Crippen LogP contribution in [0.3, 0.4) is 0 Å². The molecule has 3 aromatic carbocycles. The number of nitrogens with zero attached hydrogens (tertiary/aromatic N) is 3. The fourth-order valence-electron chi connectivity index (χ4n) is 4.14. The molecular weight excluding hydrogens is 434 g/mol. The van der Waals surface area contributed by atoms with Gasteiger partial charge in [-0.2, -0.15) is 5.10 Å². The molecule has 5 nitrogen and oxygen atoms in total. The molecule has 0 fully saturated rings. The van der Waals surface area contributed by atoms with Crippen LogP contribution in [0.5, 0.6) is 5.75 Å². The number of hydrazone groups is 1. The van der Waals surface area contributed by atoms with E-state index in [0.717, 1.165) is 22.2 Å². The number of hydrogen-bond acceptors (Lipinski definition) is 4. The second kappa shape index (κ2) is 8.68. The van der Waals surface area contributed by atoms with Crippen LogP contribution in [0.2, 0.25) is 5.15 Å². The maximum absolute atomic E-state index is 13.5. The Kier molecular flexibility index (Phi) is 5.56. The van der Waals surface area contributed by atoms with Crippen LogP contribution in [0.4, 0.5) is 0 Å². The number of carbonyl (C=O) groups is 1. The number of pyridine rings is 1. The van der Waals surface area contributed by atoms with Gasteiger partial charge in [-0.15, -0.1) is 0 Å². The third-order valence-corrected chi connectivity index (χ3v) is 6.20. The number of aromatic nitrogens is 1. The van der Waals surface area contributed by atoms with E-state index in [1.807, 2.05) is 73.7 Å². The minimum absolute atomic E-state index is 0.176. The quantitative estimate of drug-likeness (QED) is 0.344. The van der Waals surface area contributed by atoms with Gasteiger partial charge in [-0.25, -0.2) is 9.99 Å². The summed E-state index contributed by atoms with van der Waals surface area (Å²) in [5.41, 5.74) is 5.01. The number of benzene rings is 3. The van der Waals surface area contributed by atoms with Crippen LogP contribution in [-0.2, 0) is 0 Å². The smallest absolute Gasteiger partial charge is 0.274 e. The molecule has 0 saturated carbocycles. The summed E-state index contributed by atoms with van der Waals surface area (Å²) < 4.78 is 5.44. The summed E-state index contributed by atoms with van der Waals surface area (Å²) in [6, 6.07) is 24.7. The van der Waals surface area contributed by atoms with Gasteiger partial charge in [-0.3, -0.25) is 4.79 Å². The van der Waals surface area contributed by atoms with E-state index in [-0.39, 0.29) is 11.9 Å². The van der Waals surface area contributed by atoms with E-state index < -0.39 is 0 Å². The summed E-state index contributed by atoms with van der Waals surface area (Å²) in [7, 11) is 1.61. The SMILES string of the molecule is COc1cccc2cc([C@H]3CC(c4ccc(C)cc4)=NN3C(=O)c3ccccc3)c(Cl)nc12. The van der Waals surface area contributed by atoms with Gasteiger partial charge < -0.3 is 4.74 Å². The maximum atomic E-state index is 13.5. The van der Waals surface area contributed by atoms with Crippen LogP contribution in [0.25, 0.3) is 10.9 Å². The minimum atomic E-state index is -0.371. The molecule has 0 spiro atoms. The van der Waals surface area contributed by atoms with Gasteiger partial charge in [0.25, 0.3) is 5.91 Å². The molecule has 1 aliphatic heterocycles. The van der Waals surface area contributed by atoms with E-state index in [2.05, 4.69) is 4.98 Å². The van der Waals surface area contributed by atoms with Gasteiger partial charge in [0.2, 0.25) is 0 Å². The molecule has 0 saturated heterocycles. The highest BCUT2D eigenvalue weighted by Crippen LogP contribution is 2.39. The summed E-state index contributed by atoms with van der Waals surface area (Å²) in [5, 5.41) is 7.54. The Bertz CT molecular complexity index is 1370. The number of fused-ring (bicyclic) bond motifs is 1. The number of aryl methyl sites for hydroxylation is 1. The Hall–Kier alpha value is -3.70. The number of methoxy groups -OCH3 is 1. The van der Waals surface area contributed by atoms with Crippen molar-refractivity contribution in [3.05, 3.63) is 106 Å². The minimum Gasteiger partial charge on any atom is -0.494 e.